The van der Waals surface area contributed by atoms with Gasteiger partial charge in [-0.25, -0.2) is 0 Å². The normalized spacial score (nSPS) is 12.8. The van der Waals surface area contributed by atoms with Crippen LogP contribution in [0.25, 0.3) is 5.57 Å². The lowest BCUT2D eigenvalue weighted by atomic mass is 9.95. The van der Waals surface area contributed by atoms with Crippen LogP contribution >= 0.6 is 11.8 Å². The number of nitrogens with zero attached hydrogens (tertiary/aromatic N) is 1. The first-order chi connectivity index (χ1) is 13.5. The highest BCUT2D eigenvalue weighted by Crippen LogP contribution is 2.32. The standard InChI is InChI=1S/C23H21N3OS/c1-15-5-2-3-8-20(15)22(27)17-7-4-6-16(13-17)21(14-24)23(26)28-19-11-9-18(25)10-12-19/h2-13,22,27H,25-26H2,1H3/b23-21+. The smallest absolute Gasteiger partial charge is 0.104 e. The van der Waals surface area contributed by atoms with Gasteiger partial charge in [0.2, 0.25) is 0 Å². The fourth-order valence-electron chi connectivity index (χ4n) is 2.91. The zero-order valence-electron chi connectivity index (χ0n) is 15.5. The summed E-state index contributed by atoms with van der Waals surface area (Å²) in [5.74, 6) is 0. The van der Waals surface area contributed by atoms with Crippen molar-refractivity contribution in [2.45, 2.75) is 17.9 Å². The number of nitrogen functional groups attached to an aromatic ring is 1. The van der Waals surface area contributed by atoms with Gasteiger partial charge in [-0.05, 0) is 59.5 Å². The van der Waals surface area contributed by atoms with Crippen molar-refractivity contribution in [3.63, 3.8) is 0 Å². The highest BCUT2D eigenvalue weighted by atomic mass is 32.2. The number of aryl methyl sites for hydroxylation is 1. The number of hydrogen-bond donors (Lipinski definition) is 3. The van der Waals surface area contributed by atoms with Gasteiger partial charge in [0.15, 0.2) is 0 Å². The van der Waals surface area contributed by atoms with E-state index in [1.54, 1.807) is 12.1 Å². The molecule has 0 bridgehead atoms. The Balaban J connectivity index is 1.93. The van der Waals surface area contributed by atoms with Gasteiger partial charge in [-0.15, -0.1) is 0 Å². The van der Waals surface area contributed by atoms with Crippen LogP contribution < -0.4 is 11.5 Å². The number of allylic oxidation sites excluding steroid dienone is 1. The minimum atomic E-state index is -0.771. The minimum absolute atomic E-state index is 0.376. The van der Waals surface area contributed by atoms with E-state index in [-0.39, 0.29) is 0 Å². The van der Waals surface area contributed by atoms with Crippen molar-refractivity contribution in [3.8, 4) is 6.07 Å². The van der Waals surface area contributed by atoms with Gasteiger partial charge >= 0.3 is 0 Å². The Morgan fingerprint density at radius 2 is 1.75 bits per heavy atom. The number of nitriles is 1. The van der Waals surface area contributed by atoms with Crippen LogP contribution in [0.2, 0.25) is 0 Å². The topological polar surface area (TPSA) is 96.1 Å². The summed E-state index contributed by atoms with van der Waals surface area (Å²) in [5.41, 5.74) is 16.2. The average Bonchev–Trinajstić information content (AvgIpc) is 2.70. The molecule has 140 valence electrons. The van der Waals surface area contributed by atoms with Crippen LogP contribution in [0.15, 0.2) is 82.7 Å². The largest absolute Gasteiger partial charge is 0.399 e. The van der Waals surface area contributed by atoms with Crippen molar-refractivity contribution in [3.05, 3.63) is 100 Å². The molecule has 0 heterocycles. The zero-order chi connectivity index (χ0) is 20.1. The van der Waals surface area contributed by atoms with Gasteiger partial charge in [0.1, 0.15) is 12.2 Å². The number of anilines is 1. The van der Waals surface area contributed by atoms with Gasteiger partial charge in [0, 0.05) is 10.6 Å². The maximum Gasteiger partial charge on any atom is 0.104 e. The second-order valence-corrected chi connectivity index (χ2v) is 7.52. The summed E-state index contributed by atoms with van der Waals surface area (Å²) >= 11 is 1.31. The summed E-state index contributed by atoms with van der Waals surface area (Å²) in [5, 5.41) is 20.9. The molecule has 0 aliphatic heterocycles. The number of benzene rings is 3. The van der Waals surface area contributed by atoms with Crippen molar-refractivity contribution in [1.82, 2.24) is 0 Å². The molecule has 0 saturated heterocycles. The van der Waals surface area contributed by atoms with Gasteiger partial charge in [-0.1, -0.05) is 54.2 Å². The molecule has 0 radical (unpaired) electrons. The molecule has 4 nitrogen and oxygen atoms in total. The molecule has 3 aromatic rings. The molecule has 0 fully saturated rings. The lowest BCUT2D eigenvalue weighted by molar-refractivity contribution is 0.219. The van der Waals surface area contributed by atoms with E-state index in [1.165, 1.54) is 11.8 Å². The van der Waals surface area contributed by atoms with Crippen LogP contribution in [-0.4, -0.2) is 5.11 Å². The Labute approximate surface area is 169 Å². The summed E-state index contributed by atoms with van der Waals surface area (Å²) < 4.78 is 0. The van der Waals surface area contributed by atoms with Crippen molar-refractivity contribution in [2.24, 2.45) is 5.73 Å². The van der Waals surface area contributed by atoms with E-state index in [0.29, 0.717) is 27.4 Å². The zero-order valence-corrected chi connectivity index (χ0v) is 16.3. The third-order valence-electron chi connectivity index (χ3n) is 4.44. The number of rotatable bonds is 5. The van der Waals surface area contributed by atoms with E-state index < -0.39 is 6.10 Å². The van der Waals surface area contributed by atoms with Crippen LogP contribution in [0, 0.1) is 18.3 Å². The van der Waals surface area contributed by atoms with Crippen LogP contribution in [0.4, 0.5) is 5.69 Å². The van der Waals surface area contributed by atoms with Crippen molar-refractivity contribution in [2.75, 3.05) is 5.73 Å². The molecule has 5 heteroatoms. The molecule has 0 saturated carbocycles. The summed E-state index contributed by atoms with van der Waals surface area (Å²) in [7, 11) is 0. The van der Waals surface area contributed by atoms with Crippen LogP contribution in [0.1, 0.15) is 28.4 Å². The molecular weight excluding hydrogens is 366 g/mol. The second-order valence-electron chi connectivity index (χ2n) is 6.41. The maximum atomic E-state index is 10.8. The van der Waals surface area contributed by atoms with E-state index in [0.717, 1.165) is 16.0 Å². The highest BCUT2D eigenvalue weighted by molar-refractivity contribution is 8.03. The van der Waals surface area contributed by atoms with Crippen molar-refractivity contribution in [1.29, 1.82) is 5.26 Å². The lowest BCUT2D eigenvalue weighted by Gasteiger charge is -2.15. The molecule has 0 aliphatic rings. The first-order valence-electron chi connectivity index (χ1n) is 8.76. The third kappa shape index (κ3) is 4.37. The Kier molecular flexibility index (Phi) is 6.05. The molecule has 0 spiro atoms. The Morgan fingerprint density at radius 3 is 2.43 bits per heavy atom. The summed E-state index contributed by atoms with van der Waals surface area (Å²) in [6.45, 7) is 1.96. The van der Waals surface area contributed by atoms with Crippen LogP contribution in [0.3, 0.4) is 0 Å². The number of thioether (sulfide) groups is 1. The van der Waals surface area contributed by atoms with Crippen LogP contribution in [0.5, 0.6) is 0 Å². The molecule has 1 atom stereocenters. The first-order valence-corrected chi connectivity index (χ1v) is 9.58. The number of nitrogens with two attached hydrogens (primary N) is 2. The summed E-state index contributed by atoms with van der Waals surface area (Å²) in [6.07, 6.45) is -0.771. The van der Waals surface area contributed by atoms with Gasteiger partial charge in [0.25, 0.3) is 0 Å². The number of aliphatic hydroxyl groups excluding tert-OH is 1. The fourth-order valence-corrected chi connectivity index (χ4v) is 3.70. The number of hydrogen-bond acceptors (Lipinski definition) is 5. The van der Waals surface area contributed by atoms with E-state index >= 15 is 0 Å². The van der Waals surface area contributed by atoms with E-state index in [9.17, 15) is 10.4 Å². The van der Waals surface area contributed by atoms with Crippen LogP contribution in [-0.2, 0) is 0 Å². The molecular formula is C23H21N3OS. The molecule has 5 N–H and O–H groups in total. The third-order valence-corrected chi connectivity index (χ3v) is 5.37. The SMILES string of the molecule is Cc1ccccc1C(O)c1cccc(/C(C#N)=C(\N)Sc2ccc(N)cc2)c1. The molecule has 0 amide bonds. The molecule has 1 unspecified atom stereocenters. The highest BCUT2D eigenvalue weighted by Gasteiger charge is 2.15. The van der Waals surface area contributed by atoms with E-state index in [2.05, 4.69) is 6.07 Å². The van der Waals surface area contributed by atoms with Crippen molar-refractivity contribution < 1.29 is 5.11 Å². The fraction of sp³-hybridized carbons (Fsp3) is 0.0870. The quantitative estimate of drug-likeness (QED) is 0.338. The molecule has 28 heavy (non-hydrogen) atoms. The summed E-state index contributed by atoms with van der Waals surface area (Å²) in [6, 6.07) is 24.5. The molecule has 3 rings (SSSR count). The van der Waals surface area contributed by atoms with Gasteiger partial charge < -0.3 is 16.6 Å². The Morgan fingerprint density at radius 1 is 1.04 bits per heavy atom. The minimum Gasteiger partial charge on any atom is -0.399 e. The van der Waals surface area contributed by atoms with Gasteiger partial charge in [-0.3, -0.25) is 0 Å². The van der Waals surface area contributed by atoms with Crippen molar-refractivity contribution >= 4 is 23.0 Å². The maximum absolute atomic E-state index is 10.8. The molecule has 0 aliphatic carbocycles. The molecule has 3 aromatic carbocycles. The van der Waals surface area contributed by atoms with Gasteiger partial charge in [-0.2, -0.15) is 5.26 Å². The molecule has 0 aromatic heterocycles. The van der Waals surface area contributed by atoms with E-state index in [1.807, 2.05) is 67.6 Å². The predicted molar refractivity (Wildman–Crippen MR) is 115 cm³/mol. The second kappa shape index (κ2) is 8.66. The lowest BCUT2D eigenvalue weighted by Crippen LogP contribution is -2.03. The Hall–Kier alpha value is -3.20. The Bertz CT molecular complexity index is 1050. The predicted octanol–water partition coefficient (Wildman–Crippen LogP) is 4.60. The average molecular weight is 388 g/mol. The van der Waals surface area contributed by atoms with E-state index in [4.69, 9.17) is 11.5 Å². The monoisotopic (exact) mass is 387 g/mol. The first kappa shape index (κ1) is 19.6. The van der Waals surface area contributed by atoms with Gasteiger partial charge in [0.05, 0.1) is 10.6 Å². The number of aliphatic hydroxyl groups is 1. The summed E-state index contributed by atoms with van der Waals surface area (Å²) in [4.78, 5) is 0.899.